The Balaban J connectivity index is 2.24. The average Bonchev–Trinajstić information content (AvgIpc) is 1.97. The largest absolute Gasteiger partial charge is 0.383 e. The molecule has 0 aromatic heterocycles. The Morgan fingerprint density at radius 2 is 2.08 bits per heavy atom. The molecule has 3 heteroatoms. The summed E-state index contributed by atoms with van der Waals surface area (Å²) in [4.78, 5) is 0. The van der Waals surface area contributed by atoms with Gasteiger partial charge in [-0.15, -0.1) is 0 Å². The van der Waals surface area contributed by atoms with Crippen LogP contribution in [-0.4, -0.2) is 39.0 Å². The smallest absolute Gasteiger partial charge is 0.0639 e. The van der Waals surface area contributed by atoms with E-state index in [-0.39, 0.29) is 5.54 Å². The van der Waals surface area contributed by atoms with E-state index in [1.807, 2.05) is 0 Å². The molecule has 3 nitrogen and oxygen atoms in total. The minimum Gasteiger partial charge on any atom is -0.383 e. The summed E-state index contributed by atoms with van der Waals surface area (Å²) in [7, 11) is 1.73. The van der Waals surface area contributed by atoms with Crippen LogP contribution in [0.4, 0.5) is 0 Å². The van der Waals surface area contributed by atoms with Gasteiger partial charge >= 0.3 is 0 Å². The molecule has 0 amide bonds. The molecule has 0 saturated carbocycles. The lowest BCUT2D eigenvalue weighted by Gasteiger charge is -2.40. The lowest BCUT2D eigenvalue weighted by molar-refractivity contribution is -0.102. The van der Waals surface area contributed by atoms with E-state index in [1.54, 1.807) is 7.11 Å². The van der Waals surface area contributed by atoms with Crippen molar-refractivity contribution >= 4 is 0 Å². The Kier molecular flexibility index (Phi) is 3.33. The van der Waals surface area contributed by atoms with Gasteiger partial charge in [0.05, 0.1) is 19.8 Å². The highest BCUT2D eigenvalue weighted by molar-refractivity contribution is 4.87. The first-order chi connectivity index (χ1) is 5.97. The third-order valence-electron chi connectivity index (χ3n) is 2.40. The number of ether oxygens (including phenoxy) is 2. The molecule has 1 heterocycles. The highest BCUT2D eigenvalue weighted by Gasteiger charge is 2.34. The molecule has 0 unspecified atom stereocenters. The number of hydrogen-bond donors (Lipinski definition) is 1. The molecule has 1 rings (SSSR count). The van der Waals surface area contributed by atoms with Crippen LogP contribution in [0.5, 0.6) is 0 Å². The Labute approximate surface area is 80.8 Å². The first-order valence-electron chi connectivity index (χ1n) is 4.79. The van der Waals surface area contributed by atoms with E-state index in [0.29, 0.717) is 5.41 Å². The second kappa shape index (κ2) is 3.95. The van der Waals surface area contributed by atoms with Crippen LogP contribution >= 0.6 is 0 Å². The SMILES string of the molecule is COCC(C)(C)NCC1(C)COC1. The predicted octanol–water partition coefficient (Wildman–Crippen LogP) is 1.04. The molecule has 0 atom stereocenters. The molecule has 0 aromatic rings. The van der Waals surface area contributed by atoms with Gasteiger partial charge < -0.3 is 14.8 Å². The standard InChI is InChI=1S/C10H21NO2/c1-9(2,6-12-4)11-5-10(3)7-13-8-10/h11H,5-8H2,1-4H3. The fourth-order valence-corrected chi connectivity index (χ4v) is 1.42. The lowest BCUT2D eigenvalue weighted by Crippen LogP contribution is -2.53. The number of methoxy groups -OCH3 is 1. The fraction of sp³-hybridized carbons (Fsp3) is 1.00. The number of nitrogens with one attached hydrogen (secondary N) is 1. The van der Waals surface area contributed by atoms with Crippen molar-refractivity contribution in [3.8, 4) is 0 Å². The van der Waals surface area contributed by atoms with Gasteiger partial charge in [0.1, 0.15) is 0 Å². The summed E-state index contributed by atoms with van der Waals surface area (Å²) in [6, 6.07) is 0. The van der Waals surface area contributed by atoms with Crippen LogP contribution in [0.1, 0.15) is 20.8 Å². The van der Waals surface area contributed by atoms with Crippen molar-refractivity contribution in [2.75, 3.05) is 33.5 Å². The predicted molar refractivity (Wildman–Crippen MR) is 52.9 cm³/mol. The van der Waals surface area contributed by atoms with E-state index in [4.69, 9.17) is 9.47 Å². The van der Waals surface area contributed by atoms with Crippen molar-refractivity contribution in [3.63, 3.8) is 0 Å². The van der Waals surface area contributed by atoms with Gasteiger partial charge in [-0.25, -0.2) is 0 Å². The van der Waals surface area contributed by atoms with Gasteiger partial charge in [-0.2, -0.15) is 0 Å². The monoisotopic (exact) mass is 187 g/mol. The van der Waals surface area contributed by atoms with E-state index in [9.17, 15) is 0 Å². The minimum atomic E-state index is 0.0628. The molecular formula is C10H21NO2. The van der Waals surface area contributed by atoms with Crippen molar-refractivity contribution in [2.45, 2.75) is 26.3 Å². The molecular weight excluding hydrogens is 166 g/mol. The minimum absolute atomic E-state index is 0.0628. The Morgan fingerprint density at radius 1 is 1.46 bits per heavy atom. The van der Waals surface area contributed by atoms with Crippen LogP contribution in [0.25, 0.3) is 0 Å². The second-order valence-corrected chi connectivity index (χ2v) is 4.97. The summed E-state index contributed by atoms with van der Waals surface area (Å²) in [5.74, 6) is 0. The summed E-state index contributed by atoms with van der Waals surface area (Å²) >= 11 is 0. The van der Waals surface area contributed by atoms with Crippen molar-refractivity contribution in [1.82, 2.24) is 5.32 Å². The Bertz CT molecular complexity index is 164. The summed E-state index contributed by atoms with van der Waals surface area (Å²) in [6.07, 6.45) is 0. The highest BCUT2D eigenvalue weighted by atomic mass is 16.5. The van der Waals surface area contributed by atoms with E-state index in [1.165, 1.54) is 0 Å². The van der Waals surface area contributed by atoms with E-state index in [2.05, 4.69) is 26.1 Å². The molecule has 0 aliphatic carbocycles. The normalized spacial score (nSPS) is 21.2. The van der Waals surface area contributed by atoms with Gasteiger partial charge in [-0.3, -0.25) is 0 Å². The highest BCUT2D eigenvalue weighted by Crippen LogP contribution is 2.25. The number of hydrogen-bond acceptors (Lipinski definition) is 3. The van der Waals surface area contributed by atoms with Crippen LogP contribution in [0.2, 0.25) is 0 Å². The zero-order valence-corrected chi connectivity index (χ0v) is 9.14. The zero-order valence-electron chi connectivity index (χ0n) is 9.14. The maximum atomic E-state index is 5.19. The molecule has 78 valence electrons. The maximum absolute atomic E-state index is 5.19. The Hall–Kier alpha value is -0.120. The Morgan fingerprint density at radius 3 is 2.46 bits per heavy atom. The molecule has 1 saturated heterocycles. The maximum Gasteiger partial charge on any atom is 0.0639 e. The molecule has 0 aromatic carbocycles. The summed E-state index contributed by atoms with van der Waals surface area (Å²) < 4.78 is 10.3. The van der Waals surface area contributed by atoms with Crippen LogP contribution in [0.15, 0.2) is 0 Å². The summed E-state index contributed by atoms with van der Waals surface area (Å²) in [5.41, 5.74) is 0.401. The average molecular weight is 187 g/mol. The van der Waals surface area contributed by atoms with Crippen molar-refractivity contribution < 1.29 is 9.47 Å². The summed E-state index contributed by atoms with van der Waals surface area (Å²) in [6.45, 7) is 10.0. The van der Waals surface area contributed by atoms with Crippen molar-refractivity contribution in [2.24, 2.45) is 5.41 Å². The topological polar surface area (TPSA) is 30.5 Å². The van der Waals surface area contributed by atoms with Crippen LogP contribution < -0.4 is 5.32 Å². The third-order valence-corrected chi connectivity index (χ3v) is 2.40. The fourth-order valence-electron chi connectivity index (χ4n) is 1.42. The van der Waals surface area contributed by atoms with Gasteiger partial charge in [-0.05, 0) is 13.8 Å². The molecule has 13 heavy (non-hydrogen) atoms. The first kappa shape index (κ1) is 11.0. The second-order valence-electron chi connectivity index (χ2n) is 4.97. The quantitative estimate of drug-likeness (QED) is 0.697. The van der Waals surface area contributed by atoms with Crippen LogP contribution in [0, 0.1) is 5.41 Å². The molecule has 0 bridgehead atoms. The molecule has 1 fully saturated rings. The van der Waals surface area contributed by atoms with E-state index < -0.39 is 0 Å². The molecule has 0 radical (unpaired) electrons. The van der Waals surface area contributed by atoms with Gasteiger partial charge in [0.2, 0.25) is 0 Å². The molecule has 0 spiro atoms. The molecule has 1 aliphatic rings. The van der Waals surface area contributed by atoms with Gasteiger partial charge in [-0.1, -0.05) is 6.92 Å². The zero-order chi connectivity index (χ0) is 9.95. The molecule has 1 N–H and O–H groups in total. The van der Waals surface area contributed by atoms with Gasteiger partial charge in [0, 0.05) is 24.6 Å². The van der Waals surface area contributed by atoms with Gasteiger partial charge in [0.15, 0.2) is 0 Å². The van der Waals surface area contributed by atoms with Crippen molar-refractivity contribution in [3.05, 3.63) is 0 Å². The van der Waals surface area contributed by atoms with Gasteiger partial charge in [0.25, 0.3) is 0 Å². The third kappa shape index (κ3) is 3.25. The van der Waals surface area contributed by atoms with Crippen LogP contribution in [-0.2, 0) is 9.47 Å². The lowest BCUT2D eigenvalue weighted by atomic mass is 9.87. The van der Waals surface area contributed by atoms with E-state index >= 15 is 0 Å². The van der Waals surface area contributed by atoms with Crippen LogP contribution in [0.3, 0.4) is 0 Å². The first-order valence-corrected chi connectivity index (χ1v) is 4.79. The number of rotatable bonds is 5. The summed E-state index contributed by atoms with van der Waals surface area (Å²) in [5, 5.41) is 3.50. The van der Waals surface area contributed by atoms with E-state index in [0.717, 1.165) is 26.4 Å². The van der Waals surface area contributed by atoms with Crippen molar-refractivity contribution in [1.29, 1.82) is 0 Å². The molecule has 1 aliphatic heterocycles.